The number of rotatable bonds is 3. The molecule has 0 aliphatic carbocycles. The first kappa shape index (κ1) is 16.6. The predicted molar refractivity (Wildman–Crippen MR) is 101 cm³/mol. The largest absolute Gasteiger partial charge is 0.206 e. The van der Waals surface area contributed by atoms with Gasteiger partial charge in [0.1, 0.15) is 17.5 Å². The van der Waals surface area contributed by atoms with Crippen molar-refractivity contribution in [1.82, 2.24) is 0 Å². The summed E-state index contributed by atoms with van der Waals surface area (Å²) in [5.41, 5.74) is 1.71. The fourth-order valence-electron chi connectivity index (χ4n) is 2.91. The molecule has 0 aliphatic heterocycles. The molecule has 1 aromatic heterocycles. The molecule has 1 heterocycles. The molecule has 4 rings (SSSR count). The fourth-order valence-corrected chi connectivity index (χ4v) is 4.14. The Kier molecular flexibility index (Phi) is 4.35. The fraction of sp³-hybridized carbons (Fsp3) is 0. The molecule has 0 nitrogen and oxygen atoms in total. The summed E-state index contributed by atoms with van der Waals surface area (Å²) in [5.74, 6) is -1.16. The van der Waals surface area contributed by atoms with Gasteiger partial charge in [-0.15, -0.1) is 11.3 Å². The van der Waals surface area contributed by atoms with Crippen LogP contribution < -0.4 is 0 Å². The molecule has 0 aliphatic rings. The van der Waals surface area contributed by atoms with Gasteiger partial charge in [-0.1, -0.05) is 54.6 Å². The first-order valence-electron chi connectivity index (χ1n) is 8.03. The Bertz CT molecular complexity index is 1020. The Labute approximate surface area is 153 Å². The van der Waals surface area contributed by atoms with Crippen molar-refractivity contribution >= 4 is 11.3 Å². The van der Waals surface area contributed by atoms with E-state index in [2.05, 4.69) is 0 Å². The molecule has 128 valence electrons. The quantitative estimate of drug-likeness (QED) is 0.361. The molecular formula is C22H13F3S. The number of thiophene rings is 1. The van der Waals surface area contributed by atoms with Gasteiger partial charge >= 0.3 is 0 Å². The zero-order chi connectivity index (χ0) is 18.1. The second-order valence-electron chi connectivity index (χ2n) is 5.79. The second-order valence-corrected chi connectivity index (χ2v) is 6.85. The van der Waals surface area contributed by atoms with Crippen molar-refractivity contribution in [2.45, 2.75) is 0 Å². The van der Waals surface area contributed by atoms with Crippen LogP contribution in [-0.4, -0.2) is 0 Å². The van der Waals surface area contributed by atoms with E-state index in [0.29, 0.717) is 32.0 Å². The minimum absolute atomic E-state index is 0.365. The number of hydrogen-bond donors (Lipinski definition) is 0. The summed E-state index contributed by atoms with van der Waals surface area (Å²) in [5, 5.41) is 0. The normalized spacial score (nSPS) is 10.9. The molecule has 26 heavy (non-hydrogen) atoms. The first-order valence-corrected chi connectivity index (χ1v) is 8.85. The van der Waals surface area contributed by atoms with Crippen molar-refractivity contribution in [3.05, 3.63) is 96.3 Å². The van der Waals surface area contributed by atoms with Gasteiger partial charge in [-0.25, -0.2) is 13.2 Å². The number of hydrogen-bond acceptors (Lipinski definition) is 1. The van der Waals surface area contributed by atoms with Gasteiger partial charge in [0, 0.05) is 32.0 Å². The lowest BCUT2D eigenvalue weighted by molar-refractivity contribution is 0.629. The number of benzene rings is 3. The van der Waals surface area contributed by atoms with Crippen LogP contribution in [0.5, 0.6) is 0 Å². The van der Waals surface area contributed by atoms with Gasteiger partial charge in [-0.2, -0.15) is 0 Å². The molecule has 0 saturated heterocycles. The van der Waals surface area contributed by atoms with Gasteiger partial charge in [0.25, 0.3) is 0 Å². The average molecular weight is 366 g/mol. The van der Waals surface area contributed by atoms with E-state index >= 15 is 0 Å². The second kappa shape index (κ2) is 6.81. The maximum Gasteiger partial charge on any atom is 0.131 e. The maximum atomic E-state index is 14.4. The van der Waals surface area contributed by atoms with E-state index in [1.165, 1.54) is 29.5 Å². The summed E-state index contributed by atoms with van der Waals surface area (Å²) in [6.45, 7) is 0. The molecule has 0 N–H and O–H groups in total. The van der Waals surface area contributed by atoms with E-state index in [-0.39, 0.29) is 5.82 Å². The lowest BCUT2D eigenvalue weighted by Gasteiger charge is -2.06. The van der Waals surface area contributed by atoms with Crippen molar-refractivity contribution in [2.75, 3.05) is 0 Å². The van der Waals surface area contributed by atoms with E-state index in [9.17, 15) is 13.2 Å². The Morgan fingerprint density at radius 3 is 1.50 bits per heavy atom. The monoisotopic (exact) mass is 366 g/mol. The Hall–Kier alpha value is -2.85. The van der Waals surface area contributed by atoms with Crippen LogP contribution in [0.4, 0.5) is 13.2 Å². The molecule has 0 spiro atoms. The minimum Gasteiger partial charge on any atom is -0.206 e. The third kappa shape index (κ3) is 2.93. The van der Waals surface area contributed by atoms with E-state index in [4.69, 9.17) is 0 Å². The summed E-state index contributed by atoms with van der Waals surface area (Å²) in [6, 6.07) is 20.8. The van der Waals surface area contributed by atoms with Crippen LogP contribution in [-0.2, 0) is 0 Å². The predicted octanol–water partition coefficient (Wildman–Crippen LogP) is 7.17. The lowest BCUT2D eigenvalue weighted by Crippen LogP contribution is -1.86. The van der Waals surface area contributed by atoms with E-state index in [1.54, 1.807) is 60.7 Å². The van der Waals surface area contributed by atoms with Gasteiger partial charge in [-0.05, 0) is 24.3 Å². The molecule has 0 saturated carbocycles. The number of halogens is 3. The standard InChI is InChI=1S/C22H13F3S/c23-18-10-4-1-7-14(18)17-13-21(15-8-2-5-11-19(15)24)26-22(17)16-9-3-6-12-20(16)25/h1-13H. The smallest absolute Gasteiger partial charge is 0.131 e. The molecule has 0 atom stereocenters. The van der Waals surface area contributed by atoms with Crippen molar-refractivity contribution in [3.8, 4) is 32.0 Å². The van der Waals surface area contributed by atoms with Crippen molar-refractivity contribution in [2.24, 2.45) is 0 Å². The van der Waals surface area contributed by atoms with Gasteiger partial charge in [0.15, 0.2) is 0 Å². The average Bonchev–Trinajstić information content (AvgIpc) is 3.07. The summed E-state index contributed by atoms with van der Waals surface area (Å²) < 4.78 is 43.0. The van der Waals surface area contributed by atoms with Gasteiger partial charge < -0.3 is 0 Å². The molecule has 0 radical (unpaired) electrons. The van der Waals surface area contributed by atoms with Crippen LogP contribution in [0.2, 0.25) is 0 Å². The van der Waals surface area contributed by atoms with Crippen molar-refractivity contribution < 1.29 is 13.2 Å². The zero-order valence-corrected chi connectivity index (χ0v) is 14.4. The Morgan fingerprint density at radius 1 is 0.500 bits per heavy atom. The summed E-state index contributed by atoms with van der Waals surface area (Å²) in [7, 11) is 0. The van der Waals surface area contributed by atoms with Gasteiger partial charge in [-0.3, -0.25) is 0 Å². The Balaban J connectivity index is 1.99. The third-order valence-electron chi connectivity index (χ3n) is 4.15. The van der Waals surface area contributed by atoms with Gasteiger partial charge in [0.2, 0.25) is 0 Å². The highest BCUT2D eigenvalue weighted by Gasteiger charge is 2.19. The van der Waals surface area contributed by atoms with Crippen molar-refractivity contribution in [1.29, 1.82) is 0 Å². The summed E-state index contributed by atoms with van der Waals surface area (Å²) in [6.07, 6.45) is 0. The van der Waals surface area contributed by atoms with Crippen LogP contribution in [0.1, 0.15) is 0 Å². The van der Waals surface area contributed by atoms with Crippen LogP contribution in [0.25, 0.3) is 32.0 Å². The molecule has 0 unspecified atom stereocenters. The molecule has 3 aromatic carbocycles. The van der Waals surface area contributed by atoms with Crippen molar-refractivity contribution in [3.63, 3.8) is 0 Å². The molecule has 0 amide bonds. The third-order valence-corrected chi connectivity index (χ3v) is 5.36. The maximum absolute atomic E-state index is 14.4. The van der Waals surface area contributed by atoms with E-state index in [0.717, 1.165) is 0 Å². The highest BCUT2D eigenvalue weighted by molar-refractivity contribution is 7.19. The van der Waals surface area contributed by atoms with Crippen LogP contribution in [0.3, 0.4) is 0 Å². The molecule has 4 heteroatoms. The van der Waals surface area contributed by atoms with Crippen LogP contribution in [0, 0.1) is 17.5 Å². The van der Waals surface area contributed by atoms with E-state index in [1.807, 2.05) is 0 Å². The minimum atomic E-state index is -0.400. The SMILES string of the molecule is Fc1ccccc1-c1cc(-c2ccccc2F)c(-c2ccccc2F)s1. The molecular weight excluding hydrogens is 353 g/mol. The topological polar surface area (TPSA) is 0 Å². The van der Waals surface area contributed by atoms with E-state index < -0.39 is 11.6 Å². The lowest BCUT2D eigenvalue weighted by atomic mass is 10.0. The van der Waals surface area contributed by atoms with Gasteiger partial charge in [0.05, 0.1) is 0 Å². The van der Waals surface area contributed by atoms with Crippen LogP contribution in [0.15, 0.2) is 78.9 Å². The molecule has 0 bridgehead atoms. The highest BCUT2D eigenvalue weighted by Crippen LogP contribution is 2.45. The van der Waals surface area contributed by atoms with Crippen LogP contribution >= 0.6 is 11.3 Å². The Morgan fingerprint density at radius 2 is 0.962 bits per heavy atom. The molecule has 4 aromatic rings. The highest BCUT2D eigenvalue weighted by atomic mass is 32.1. The molecule has 0 fully saturated rings. The zero-order valence-electron chi connectivity index (χ0n) is 13.5. The summed E-state index contributed by atoms with van der Waals surface area (Å²) >= 11 is 1.25. The first-order chi connectivity index (χ1) is 12.6. The summed E-state index contributed by atoms with van der Waals surface area (Å²) in [4.78, 5) is 1.20.